The predicted octanol–water partition coefficient (Wildman–Crippen LogP) is 3.76. The Hall–Kier alpha value is -2.02. The van der Waals surface area contributed by atoms with E-state index in [1.54, 1.807) is 14.0 Å². The number of nitrogens with zero attached hydrogens (tertiary/aromatic N) is 3. The van der Waals surface area contributed by atoms with E-state index < -0.39 is 18.1 Å². The molecule has 0 unspecified atom stereocenters. The number of carbonyl (C=O) groups excluding carboxylic acids is 1. The van der Waals surface area contributed by atoms with Gasteiger partial charge in [0.1, 0.15) is 0 Å². The number of aryl methyl sites for hydroxylation is 2. The van der Waals surface area contributed by atoms with Gasteiger partial charge in [-0.25, -0.2) is 0 Å². The lowest BCUT2D eigenvalue weighted by Crippen LogP contribution is -2.40. The van der Waals surface area contributed by atoms with Gasteiger partial charge >= 0.3 is 6.18 Å². The molecule has 0 bridgehead atoms. The summed E-state index contributed by atoms with van der Waals surface area (Å²) in [6, 6.07) is 4.61. The van der Waals surface area contributed by atoms with Crippen molar-refractivity contribution in [1.82, 2.24) is 14.7 Å². The third-order valence-electron chi connectivity index (χ3n) is 3.54. The number of hydrogen-bond donors (Lipinski definition) is 0. The van der Waals surface area contributed by atoms with E-state index in [-0.39, 0.29) is 11.3 Å². The van der Waals surface area contributed by atoms with Gasteiger partial charge in [-0.1, -0.05) is 23.7 Å². The third-order valence-corrected chi connectivity index (χ3v) is 3.79. The Morgan fingerprint density at radius 2 is 1.87 bits per heavy atom. The largest absolute Gasteiger partial charge is 0.413 e. The normalized spacial score (nSPS) is 13.0. The Morgan fingerprint density at radius 1 is 1.30 bits per heavy atom. The summed E-state index contributed by atoms with van der Waals surface area (Å²) in [6.07, 6.45) is -4.62. The van der Waals surface area contributed by atoms with Crippen molar-refractivity contribution in [1.29, 1.82) is 0 Å². The van der Waals surface area contributed by atoms with Crippen LogP contribution in [0.1, 0.15) is 27.8 Å². The van der Waals surface area contributed by atoms with Crippen molar-refractivity contribution >= 4 is 17.5 Å². The van der Waals surface area contributed by atoms with E-state index >= 15 is 0 Å². The highest BCUT2D eigenvalue weighted by Crippen LogP contribution is 2.37. The smallest absolute Gasteiger partial charge is 0.324 e. The van der Waals surface area contributed by atoms with Gasteiger partial charge in [0.25, 0.3) is 5.91 Å². The average molecular weight is 346 g/mol. The lowest BCUT2D eigenvalue weighted by molar-refractivity contribution is -0.176. The molecule has 0 fully saturated rings. The van der Waals surface area contributed by atoms with Crippen molar-refractivity contribution in [2.75, 3.05) is 7.05 Å². The number of amides is 1. The molecule has 0 spiro atoms. The Kier molecular flexibility index (Phi) is 4.70. The van der Waals surface area contributed by atoms with Gasteiger partial charge in [-0.15, -0.1) is 0 Å². The summed E-state index contributed by atoms with van der Waals surface area (Å²) in [5.41, 5.74) is 0.581. The van der Waals surface area contributed by atoms with E-state index in [2.05, 4.69) is 5.10 Å². The number of halogens is 4. The van der Waals surface area contributed by atoms with Gasteiger partial charge in [0.2, 0.25) is 0 Å². The first-order chi connectivity index (χ1) is 10.6. The molecule has 1 aromatic carbocycles. The topological polar surface area (TPSA) is 38.1 Å². The molecule has 0 saturated carbocycles. The summed E-state index contributed by atoms with van der Waals surface area (Å²) in [6.45, 7) is 1.71. The Labute approximate surface area is 136 Å². The van der Waals surface area contributed by atoms with E-state index in [1.807, 2.05) is 0 Å². The first-order valence-corrected chi connectivity index (χ1v) is 7.09. The molecule has 0 aliphatic heterocycles. The van der Waals surface area contributed by atoms with Crippen molar-refractivity contribution < 1.29 is 18.0 Å². The van der Waals surface area contributed by atoms with Crippen molar-refractivity contribution in [2.45, 2.75) is 19.1 Å². The molecule has 1 aromatic heterocycles. The fraction of sp³-hybridized carbons (Fsp3) is 0.333. The second kappa shape index (κ2) is 6.23. The van der Waals surface area contributed by atoms with Gasteiger partial charge in [-0.3, -0.25) is 9.48 Å². The molecule has 0 radical (unpaired) electrons. The molecule has 0 aliphatic rings. The predicted molar refractivity (Wildman–Crippen MR) is 80.3 cm³/mol. The van der Waals surface area contributed by atoms with Crippen LogP contribution >= 0.6 is 11.6 Å². The molecular weight excluding hydrogens is 331 g/mol. The maximum atomic E-state index is 13.5. The Morgan fingerprint density at radius 3 is 2.30 bits per heavy atom. The van der Waals surface area contributed by atoms with Crippen molar-refractivity contribution in [3.05, 3.63) is 52.3 Å². The fourth-order valence-corrected chi connectivity index (χ4v) is 2.37. The zero-order valence-corrected chi connectivity index (χ0v) is 13.5. The van der Waals surface area contributed by atoms with Crippen LogP contribution < -0.4 is 0 Å². The van der Waals surface area contributed by atoms with Crippen LogP contribution in [0.4, 0.5) is 13.2 Å². The maximum absolute atomic E-state index is 13.5. The summed E-state index contributed by atoms with van der Waals surface area (Å²) in [7, 11) is 2.73. The van der Waals surface area contributed by atoms with Gasteiger partial charge in [-0.05, 0) is 30.7 Å². The molecule has 1 amide bonds. The molecule has 8 heteroatoms. The van der Waals surface area contributed by atoms with Gasteiger partial charge in [0.05, 0.1) is 0 Å². The average Bonchev–Trinajstić information content (AvgIpc) is 2.78. The zero-order valence-electron chi connectivity index (χ0n) is 12.7. The minimum absolute atomic E-state index is 0.0317. The van der Waals surface area contributed by atoms with Crippen molar-refractivity contribution in [3.8, 4) is 0 Å². The monoisotopic (exact) mass is 345 g/mol. The lowest BCUT2D eigenvalue weighted by atomic mass is 10.0. The highest BCUT2D eigenvalue weighted by Gasteiger charge is 2.45. The molecule has 4 nitrogen and oxygen atoms in total. The van der Waals surface area contributed by atoms with Crippen LogP contribution in [0.2, 0.25) is 5.02 Å². The highest BCUT2D eigenvalue weighted by atomic mass is 35.5. The first-order valence-electron chi connectivity index (χ1n) is 6.71. The van der Waals surface area contributed by atoms with E-state index in [0.29, 0.717) is 15.6 Å². The molecule has 2 aromatic rings. The third kappa shape index (κ3) is 3.67. The Balaban J connectivity index is 2.39. The second-order valence-electron chi connectivity index (χ2n) is 5.21. The van der Waals surface area contributed by atoms with Crippen LogP contribution in [0.25, 0.3) is 0 Å². The number of hydrogen-bond acceptors (Lipinski definition) is 2. The number of benzene rings is 1. The van der Waals surface area contributed by atoms with Gasteiger partial charge in [0, 0.05) is 24.8 Å². The molecule has 124 valence electrons. The van der Waals surface area contributed by atoms with Crippen LogP contribution in [-0.4, -0.2) is 33.8 Å². The lowest BCUT2D eigenvalue weighted by Gasteiger charge is -2.30. The standard InChI is InChI=1S/C15H15ClF3N3O/c1-9-8-12(20-22(9)3)14(23)21(2)13(15(17,18)19)10-4-6-11(16)7-5-10/h4-8,13H,1-3H3/t13-/m0/s1. The number of alkyl halides is 3. The summed E-state index contributed by atoms with van der Waals surface area (Å²) >= 11 is 5.71. The van der Waals surface area contributed by atoms with Gasteiger partial charge in [0.15, 0.2) is 11.7 Å². The van der Waals surface area contributed by atoms with Crippen LogP contribution in [0.5, 0.6) is 0 Å². The highest BCUT2D eigenvalue weighted by molar-refractivity contribution is 6.30. The summed E-state index contributed by atoms with van der Waals surface area (Å²) in [5.74, 6) is -0.800. The second-order valence-corrected chi connectivity index (χ2v) is 5.64. The van der Waals surface area contributed by atoms with E-state index in [9.17, 15) is 18.0 Å². The molecule has 23 heavy (non-hydrogen) atoms. The summed E-state index contributed by atoms with van der Waals surface area (Å²) in [5, 5.41) is 4.26. The van der Waals surface area contributed by atoms with Crippen LogP contribution in [-0.2, 0) is 7.05 Å². The minimum atomic E-state index is -4.62. The fourth-order valence-electron chi connectivity index (χ4n) is 2.24. The van der Waals surface area contributed by atoms with Crippen LogP contribution in [0.15, 0.2) is 30.3 Å². The van der Waals surface area contributed by atoms with Gasteiger partial charge in [-0.2, -0.15) is 18.3 Å². The van der Waals surface area contributed by atoms with E-state index in [4.69, 9.17) is 11.6 Å². The van der Waals surface area contributed by atoms with E-state index in [1.165, 1.54) is 35.0 Å². The quantitative estimate of drug-likeness (QED) is 0.849. The molecule has 0 saturated heterocycles. The minimum Gasteiger partial charge on any atom is -0.324 e. The first kappa shape index (κ1) is 17.3. The Bertz CT molecular complexity index is 690. The SMILES string of the molecule is Cc1cc(C(=O)N(C)[C@@H](c2ccc(Cl)cc2)C(F)(F)F)nn1C. The van der Waals surface area contributed by atoms with Crippen LogP contribution in [0.3, 0.4) is 0 Å². The van der Waals surface area contributed by atoms with Crippen molar-refractivity contribution in [3.63, 3.8) is 0 Å². The van der Waals surface area contributed by atoms with Crippen LogP contribution in [0, 0.1) is 6.92 Å². The van der Waals surface area contributed by atoms with E-state index in [0.717, 1.165) is 7.05 Å². The summed E-state index contributed by atoms with van der Waals surface area (Å²) < 4.78 is 41.8. The maximum Gasteiger partial charge on any atom is 0.413 e. The molecule has 2 rings (SSSR count). The molecule has 1 atom stereocenters. The molecule has 0 aliphatic carbocycles. The van der Waals surface area contributed by atoms with Gasteiger partial charge < -0.3 is 4.90 Å². The summed E-state index contributed by atoms with van der Waals surface area (Å²) in [4.78, 5) is 13.0. The molecule has 1 heterocycles. The molecular formula is C15H15ClF3N3O. The van der Waals surface area contributed by atoms with Crippen molar-refractivity contribution in [2.24, 2.45) is 7.05 Å². The number of rotatable bonds is 3. The zero-order chi connectivity index (χ0) is 17.4. The number of aromatic nitrogens is 2. The number of carbonyl (C=O) groups is 1. The molecule has 0 N–H and O–H groups in total.